The SMILES string of the molecule is CCC1=C(c2c(CC)ccc3oc4ccccc4c23)C=CC(C)(C)C=C1. The zero-order chi connectivity index (χ0) is 18.3. The summed E-state index contributed by atoms with van der Waals surface area (Å²) in [5.41, 5.74) is 7.45. The maximum atomic E-state index is 6.16. The smallest absolute Gasteiger partial charge is 0.136 e. The highest BCUT2D eigenvalue weighted by Crippen LogP contribution is 2.40. The maximum Gasteiger partial charge on any atom is 0.136 e. The summed E-state index contributed by atoms with van der Waals surface area (Å²) >= 11 is 0. The standard InChI is InChI=1S/C25H26O/c1-5-17-13-15-25(3,4)16-14-19(17)23-18(6-2)11-12-22-24(23)20-9-7-8-10-21(20)26-22/h7-16H,5-6H2,1-4H3. The highest BCUT2D eigenvalue weighted by Gasteiger charge is 2.20. The second-order valence-corrected chi connectivity index (χ2v) is 7.71. The first kappa shape index (κ1) is 16.9. The average molecular weight is 342 g/mol. The van der Waals surface area contributed by atoms with E-state index in [-0.39, 0.29) is 5.41 Å². The summed E-state index contributed by atoms with van der Waals surface area (Å²) in [4.78, 5) is 0. The van der Waals surface area contributed by atoms with E-state index in [4.69, 9.17) is 4.42 Å². The van der Waals surface area contributed by atoms with Crippen LogP contribution in [-0.2, 0) is 6.42 Å². The lowest BCUT2D eigenvalue weighted by Crippen LogP contribution is -2.00. The van der Waals surface area contributed by atoms with Gasteiger partial charge in [0, 0.05) is 16.2 Å². The number of benzene rings is 2. The Morgan fingerprint density at radius 1 is 0.846 bits per heavy atom. The van der Waals surface area contributed by atoms with Crippen LogP contribution in [0.2, 0.25) is 0 Å². The molecule has 0 saturated carbocycles. The summed E-state index contributed by atoms with van der Waals surface area (Å²) in [7, 11) is 0. The molecule has 1 nitrogen and oxygen atoms in total. The molecular weight excluding hydrogens is 316 g/mol. The molecule has 0 aliphatic heterocycles. The minimum absolute atomic E-state index is 0.0703. The van der Waals surface area contributed by atoms with Gasteiger partial charge in [-0.15, -0.1) is 0 Å². The van der Waals surface area contributed by atoms with Gasteiger partial charge in [0.15, 0.2) is 0 Å². The van der Waals surface area contributed by atoms with Crippen LogP contribution in [-0.4, -0.2) is 0 Å². The van der Waals surface area contributed by atoms with Crippen LogP contribution in [0.15, 0.2) is 70.7 Å². The lowest BCUT2D eigenvalue weighted by atomic mass is 9.89. The average Bonchev–Trinajstić information content (AvgIpc) is 2.94. The predicted octanol–water partition coefficient (Wildman–Crippen LogP) is 7.46. The van der Waals surface area contributed by atoms with Gasteiger partial charge in [-0.2, -0.15) is 0 Å². The van der Waals surface area contributed by atoms with Crippen LogP contribution in [0.4, 0.5) is 0 Å². The molecule has 2 aromatic carbocycles. The number of hydrogen-bond acceptors (Lipinski definition) is 1. The van der Waals surface area contributed by atoms with E-state index in [1.807, 2.05) is 6.07 Å². The number of hydrogen-bond donors (Lipinski definition) is 0. The lowest BCUT2D eigenvalue weighted by Gasteiger charge is -2.14. The predicted molar refractivity (Wildman–Crippen MR) is 112 cm³/mol. The van der Waals surface area contributed by atoms with Crippen LogP contribution in [0.25, 0.3) is 27.5 Å². The molecule has 132 valence electrons. The van der Waals surface area contributed by atoms with Crippen molar-refractivity contribution in [3.8, 4) is 0 Å². The third-order valence-corrected chi connectivity index (χ3v) is 5.40. The molecule has 0 radical (unpaired) electrons. The molecule has 4 rings (SSSR count). The fourth-order valence-electron chi connectivity index (χ4n) is 3.88. The lowest BCUT2D eigenvalue weighted by molar-refractivity contribution is 0.627. The largest absolute Gasteiger partial charge is 0.456 e. The molecule has 0 amide bonds. The molecule has 0 bridgehead atoms. The summed E-state index contributed by atoms with van der Waals surface area (Å²) in [6, 6.07) is 12.7. The Morgan fingerprint density at radius 2 is 1.62 bits per heavy atom. The first-order valence-corrected chi connectivity index (χ1v) is 9.59. The van der Waals surface area contributed by atoms with E-state index >= 15 is 0 Å². The van der Waals surface area contributed by atoms with Gasteiger partial charge in [-0.05, 0) is 47.2 Å². The Labute approximate surface area is 155 Å². The first-order chi connectivity index (χ1) is 12.5. The maximum absolute atomic E-state index is 6.16. The van der Waals surface area contributed by atoms with Crippen LogP contribution in [0, 0.1) is 5.41 Å². The highest BCUT2D eigenvalue weighted by molar-refractivity contribution is 6.12. The molecule has 1 aliphatic carbocycles. The van der Waals surface area contributed by atoms with Crippen molar-refractivity contribution < 1.29 is 4.42 Å². The van der Waals surface area contributed by atoms with E-state index < -0.39 is 0 Å². The van der Waals surface area contributed by atoms with E-state index in [2.05, 4.69) is 82.3 Å². The molecule has 0 fully saturated rings. The van der Waals surface area contributed by atoms with Gasteiger partial charge in [0.25, 0.3) is 0 Å². The molecule has 0 saturated heterocycles. The molecule has 0 spiro atoms. The number of para-hydroxylation sites is 1. The molecule has 0 unspecified atom stereocenters. The summed E-state index contributed by atoms with van der Waals surface area (Å²) in [6.07, 6.45) is 11.3. The van der Waals surface area contributed by atoms with Crippen molar-refractivity contribution in [2.24, 2.45) is 5.41 Å². The Bertz CT molecular complexity index is 1070. The third-order valence-electron chi connectivity index (χ3n) is 5.40. The summed E-state index contributed by atoms with van der Waals surface area (Å²) < 4.78 is 6.16. The number of furan rings is 1. The van der Waals surface area contributed by atoms with Crippen LogP contribution in [0.1, 0.15) is 45.2 Å². The van der Waals surface area contributed by atoms with Gasteiger partial charge in [0.1, 0.15) is 11.2 Å². The highest BCUT2D eigenvalue weighted by atomic mass is 16.3. The van der Waals surface area contributed by atoms with Crippen LogP contribution in [0.3, 0.4) is 0 Å². The molecule has 26 heavy (non-hydrogen) atoms. The van der Waals surface area contributed by atoms with Crippen LogP contribution < -0.4 is 0 Å². The molecule has 1 aliphatic rings. The van der Waals surface area contributed by atoms with Gasteiger partial charge in [0.05, 0.1) is 0 Å². The van der Waals surface area contributed by atoms with Crippen molar-refractivity contribution in [1.82, 2.24) is 0 Å². The molecule has 0 atom stereocenters. The molecular formula is C25H26O. The Kier molecular flexibility index (Phi) is 4.11. The quantitative estimate of drug-likeness (QED) is 0.481. The van der Waals surface area contributed by atoms with Crippen molar-refractivity contribution in [2.75, 3.05) is 0 Å². The fourth-order valence-corrected chi connectivity index (χ4v) is 3.88. The van der Waals surface area contributed by atoms with E-state index in [1.54, 1.807) is 0 Å². The topological polar surface area (TPSA) is 13.1 Å². The minimum Gasteiger partial charge on any atom is -0.456 e. The van der Waals surface area contributed by atoms with Crippen molar-refractivity contribution in [3.05, 3.63) is 77.4 Å². The Morgan fingerprint density at radius 3 is 2.38 bits per heavy atom. The number of fused-ring (bicyclic) bond motifs is 3. The first-order valence-electron chi connectivity index (χ1n) is 9.59. The van der Waals surface area contributed by atoms with Crippen LogP contribution >= 0.6 is 0 Å². The molecule has 3 aromatic rings. The number of aryl methyl sites for hydroxylation is 1. The van der Waals surface area contributed by atoms with Crippen molar-refractivity contribution in [3.63, 3.8) is 0 Å². The zero-order valence-electron chi connectivity index (χ0n) is 16.1. The monoisotopic (exact) mass is 342 g/mol. The van der Waals surface area contributed by atoms with E-state index in [1.165, 1.54) is 33.0 Å². The van der Waals surface area contributed by atoms with E-state index in [0.29, 0.717) is 0 Å². The Balaban J connectivity index is 2.12. The number of allylic oxidation sites excluding steroid dienone is 6. The molecule has 1 heteroatoms. The second-order valence-electron chi connectivity index (χ2n) is 7.71. The minimum atomic E-state index is 0.0703. The van der Waals surface area contributed by atoms with Gasteiger partial charge < -0.3 is 4.42 Å². The van der Waals surface area contributed by atoms with Crippen molar-refractivity contribution in [1.29, 1.82) is 0 Å². The summed E-state index contributed by atoms with van der Waals surface area (Å²) in [5, 5.41) is 2.45. The van der Waals surface area contributed by atoms with Gasteiger partial charge in [-0.1, -0.05) is 76.3 Å². The van der Waals surface area contributed by atoms with Crippen molar-refractivity contribution >= 4 is 27.5 Å². The van der Waals surface area contributed by atoms with E-state index in [9.17, 15) is 0 Å². The molecule has 1 aromatic heterocycles. The fraction of sp³-hybridized carbons (Fsp3) is 0.280. The van der Waals surface area contributed by atoms with Gasteiger partial charge in [-0.25, -0.2) is 0 Å². The normalized spacial score (nSPS) is 16.6. The summed E-state index contributed by atoms with van der Waals surface area (Å²) in [6.45, 7) is 8.99. The van der Waals surface area contributed by atoms with Crippen molar-refractivity contribution in [2.45, 2.75) is 40.5 Å². The number of rotatable bonds is 3. The van der Waals surface area contributed by atoms with Gasteiger partial charge in [-0.3, -0.25) is 0 Å². The molecule has 1 heterocycles. The third kappa shape index (κ3) is 2.72. The summed E-state index contributed by atoms with van der Waals surface area (Å²) in [5.74, 6) is 0. The zero-order valence-corrected chi connectivity index (χ0v) is 16.1. The molecule has 0 N–H and O–H groups in total. The van der Waals surface area contributed by atoms with Gasteiger partial charge >= 0.3 is 0 Å². The second kappa shape index (κ2) is 6.32. The van der Waals surface area contributed by atoms with Crippen LogP contribution in [0.5, 0.6) is 0 Å². The van der Waals surface area contributed by atoms with E-state index in [0.717, 1.165) is 24.0 Å². The Hall–Kier alpha value is -2.54. The van der Waals surface area contributed by atoms with Gasteiger partial charge in [0.2, 0.25) is 0 Å².